The number of anilines is 2. The third-order valence-electron chi connectivity index (χ3n) is 4.17. The van der Waals surface area contributed by atoms with E-state index in [1.54, 1.807) is 0 Å². The van der Waals surface area contributed by atoms with E-state index in [0.29, 0.717) is 18.3 Å². The zero-order chi connectivity index (χ0) is 18.2. The number of nitrogens with zero attached hydrogens (tertiary/aromatic N) is 1. The van der Waals surface area contributed by atoms with Gasteiger partial charge in [-0.3, -0.25) is 0 Å². The van der Waals surface area contributed by atoms with E-state index in [4.69, 9.17) is 21.7 Å². The van der Waals surface area contributed by atoms with Crippen molar-refractivity contribution < 1.29 is 9.47 Å². The monoisotopic (exact) mass is 371 g/mol. The van der Waals surface area contributed by atoms with Crippen LogP contribution in [0.2, 0.25) is 0 Å². The van der Waals surface area contributed by atoms with Gasteiger partial charge in [-0.15, -0.1) is 0 Å². The molecule has 3 rings (SSSR count). The number of morpholine rings is 1. The van der Waals surface area contributed by atoms with Gasteiger partial charge in [0.15, 0.2) is 5.11 Å². The molecule has 26 heavy (non-hydrogen) atoms. The summed E-state index contributed by atoms with van der Waals surface area (Å²) in [6.45, 7) is 6.80. The van der Waals surface area contributed by atoms with Crippen molar-refractivity contribution >= 4 is 28.7 Å². The van der Waals surface area contributed by atoms with Gasteiger partial charge in [-0.25, -0.2) is 0 Å². The lowest BCUT2D eigenvalue weighted by Gasteiger charge is -2.28. The zero-order valence-corrected chi connectivity index (χ0v) is 15.8. The molecule has 1 saturated heterocycles. The molecule has 5 nitrogen and oxygen atoms in total. The van der Waals surface area contributed by atoms with E-state index in [0.717, 1.165) is 37.7 Å². The quantitative estimate of drug-likeness (QED) is 0.759. The summed E-state index contributed by atoms with van der Waals surface area (Å²) in [6.07, 6.45) is 0. The van der Waals surface area contributed by atoms with Crippen molar-refractivity contribution in [1.29, 1.82) is 0 Å². The topological polar surface area (TPSA) is 45.8 Å². The molecule has 0 aromatic heterocycles. The number of nitrogens with one attached hydrogen (secondary N) is 2. The predicted octanol–water partition coefficient (Wildman–Crippen LogP) is 3.41. The minimum absolute atomic E-state index is 0.593. The largest absolute Gasteiger partial charge is 0.494 e. The summed E-state index contributed by atoms with van der Waals surface area (Å²) >= 11 is 5.39. The number of hydrogen-bond donors (Lipinski definition) is 2. The highest BCUT2D eigenvalue weighted by Gasteiger charge is 2.10. The van der Waals surface area contributed by atoms with E-state index in [1.165, 1.54) is 11.3 Å². The van der Waals surface area contributed by atoms with Gasteiger partial charge in [0.2, 0.25) is 0 Å². The fourth-order valence-corrected chi connectivity index (χ4v) is 3.02. The van der Waals surface area contributed by atoms with Gasteiger partial charge in [-0.2, -0.15) is 0 Å². The van der Waals surface area contributed by atoms with Crippen LogP contribution >= 0.6 is 12.2 Å². The maximum absolute atomic E-state index is 5.50. The van der Waals surface area contributed by atoms with Crippen LogP contribution in [0.1, 0.15) is 12.5 Å². The molecule has 0 radical (unpaired) electrons. The van der Waals surface area contributed by atoms with E-state index < -0.39 is 0 Å². The Morgan fingerprint density at radius 3 is 2.65 bits per heavy atom. The average molecular weight is 372 g/mol. The van der Waals surface area contributed by atoms with Gasteiger partial charge in [-0.05, 0) is 49.0 Å². The maximum Gasteiger partial charge on any atom is 0.171 e. The first kappa shape index (κ1) is 18.5. The van der Waals surface area contributed by atoms with E-state index >= 15 is 0 Å². The molecule has 2 aromatic rings. The number of thiocarbonyl (C=S) groups is 1. The van der Waals surface area contributed by atoms with Gasteiger partial charge in [0.1, 0.15) is 5.75 Å². The van der Waals surface area contributed by atoms with Crippen LogP contribution in [0.4, 0.5) is 11.4 Å². The Hall–Kier alpha value is -2.31. The lowest BCUT2D eigenvalue weighted by atomic mass is 10.2. The summed E-state index contributed by atoms with van der Waals surface area (Å²) in [7, 11) is 0. The molecule has 0 bridgehead atoms. The minimum atomic E-state index is 0.593. The molecule has 6 heteroatoms. The molecule has 0 atom stereocenters. The van der Waals surface area contributed by atoms with E-state index in [-0.39, 0.29) is 0 Å². The lowest BCUT2D eigenvalue weighted by molar-refractivity contribution is 0.122. The Labute approximate surface area is 160 Å². The molecular weight excluding hydrogens is 346 g/mol. The number of ether oxygens (including phenoxy) is 2. The van der Waals surface area contributed by atoms with Crippen LogP contribution in [-0.4, -0.2) is 38.0 Å². The first-order valence-corrected chi connectivity index (χ1v) is 9.35. The fourth-order valence-electron chi connectivity index (χ4n) is 2.83. The second kappa shape index (κ2) is 9.40. The summed E-state index contributed by atoms with van der Waals surface area (Å²) in [5, 5.41) is 7.03. The molecule has 0 spiro atoms. The van der Waals surface area contributed by atoms with Crippen molar-refractivity contribution in [1.82, 2.24) is 5.32 Å². The van der Waals surface area contributed by atoms with Crippen LogP contribution < -0.4 is 20.3 Å². The SMILES string of the molecule is CCOc1cccc(NC(=S)NCc2ccc(N3CCOCC3)cc2)c1. The Morgan fingerprint density at radius 2 is 1.92 bits per heavy atom. The van der Waals surface area contributed by atoms with Crippen molar-refractivity contribution in [2.75, 3.05) is 43.1 Å². The first-order chi connectivity index (χ1) is 12.7. The zero-order valence-electron chi connectivity index (χ0n) is 15.0. The van der Waals surface area contributed by atoms with Crippen LogP contribution in [-0.2, 0) is 11.3 Å². The molecule has 0 amide bonds. The molecular formula is C20H25N3O2S. The van der Waals surface area contributed by atoms with Gasteiger partial charge in [0.05, 0.1) is 19.8 Å². The van der Waals surface area contributed by atoms with Crippen LogP contribution in [0, 0.1) is 0 Å². The van der Waals surface area contributed by atoms with Gasteiger partial charge in [0.25, 0.3) is 0 Å². The molecule has 1 aliphatic rings. The van der Waals surface area contributed by atoms with Crippen LogP contribution in [0.25, 0.3) is 0 Å². The minimum Gasteiger partial charge on any atom is -0.494 e. The smallest absolute Gasteiger partial charge is 0.171 e. The number of hydrogen-bond acceptors (Lipinski definition) is 4. The molecule has 1 heterocycles. The van der Waals surface area contributed by atoms with Crippen molar-refractivity contribution in [3.8, 4) is 5.75 Å². The Morgan fingerprint density at radius 1 is 1.15 bits per heavy atom. The second-order valence-electron chi connectivity index (χ2n) is 6.03. The van der Waals surface area contributed by atoms with Gasteiger partial charge in [0, 0.05) is 37.1 Å². The van der Waals surface area contributed by atoms with Crippen LogP contribution in [0.15, 0.2) is 48.5 Å². The second-order valence-corrected chi connectivity index (χ2v) is 6.44. The molecule has 2 N–H and O–H groups in total. The molecule has 0 unspecified atom stereocenters. The van der Waals surface area contributed by atoms with E-state index in [2.05, 4.69) is 39.8 Å². The highest BCUT2D eigenvalue weighted by molar-refractivity contribution is 7.80. The van der Waals surface area contributed by atoms with Crippen molar-refractivity contribution in [2.45, 2.75) is 13.5 Å². The standard InChI is InChI=1S/C20H25N3O2S/c1-2-25-19-5-3-4-17(14-19)22-20(26)21-15-16-6-8-18(9-7-16)23-10-12-24-13-11-23/h3-9,14H,2,10-13,15H2,1H3,(H2,21,22,26). The average Bonchev–Trinajstić information content (AvgIpc) is 2.68. The van der Waals surface area contributed by atoms with E-state index in [9.17, 15) is 0 Å². The lowest BCUT2D eigenvalue weighted by Crippen LogP contribution is -2.36. The maximum atomic E-state index is 5.50. The van der Waals surface area contributed by atoms with E-state index in [1.807, 2.05) is 31.2 Å². The molecule has 1 fully saturated rings. The van der Waals surface area contributed by atoms with Crippen LogP contribution in [0.3, 0.4) is 0 Å². The van der Waals surface area contributed by atoms with Crippen LogP contribution in [0.5, 0.6) is 5.75 Å². The molecule has 0 saturated carbocycles. The normalized spacial score (nSPS) is 14.0. The van der Waals surface area contributed by atoms with Crippen molar-refractivity contribution in [2.24, 2.45) is 0 Å². The third-order valence-corrected chi connectivity index (χ3v) is 4.41. The Balaban J connectivity index is 1.48. The number of benzene rings is 2. The summed E-state index contributed by atoms with van der Waals surface area (Å²) in [6, 6.07) is 16.4. The summed E-state index contributed by atoms with van der Waals surface area (Å²) in [5.74, 6) is 0.832. The Kier molecular flexibility index (Phi) is 6.68. The summed E-state index contributed by atoms with van der Waals surface area (Å²) in [4.78, 5) is 2.35. The first-order valence-electron chi connectivity index (χ1n) is 8.94. The van der Waals surface area contributed by atoms with Crippen molar-refractivity contribution in [3.05, 3.63) is 54.1 Å². The molecule has 2 aromatic carbocycles. The molecule has 1 aliphatic heterocycles. The Bertz CT molecular complexity index is 715. The fraction of sp³-hybridized carbons (Fsp3) is 0.350. The third kappa shape index (κ3) is 5.34. The predicted molar refractivity (Wildman–Crippen MR) is 110 cm³/mol. The molecule has 138 valence electrons. The van der Waals surface area contributed by atoms with Crippen molar-refractivity contribution in [3.63, 3.8) is 0 Å². The van der Waals surface area contributed by atoms with Gasteiger partial charge < -0.3 is 25.0 Å². The summed E-state index contributed by atoms with van der Waals surface area (Å²) in [5.41, 5.74) is 3.34. The van der Waals surface area contributed by atoms with Gasteiger partial charge >= 0.3 is 0 Å². The summed E-state index contributed by atoms with van der Waals surface area (Å²) < 4.78 is 10.9. The highest BCUT2D eigenvalue weighted by atomic mass is 32.1. The number of rotatable bonds is 6. The molecule has 0 aliphatic carbocycles. The highest BCUT2D eigenvalue weighted by Crippen LogP contribution is 2.18. The van der Waals surface area contributed by atoms with Gasteiger partial charge in [-0.1, -0.05) is 18.2 Å².